The molecule has 0 atom stereocenters. The molecule has 0 spiro atoms. The molecule has 0 amide bonds. The summed E-state index contributed by atoms with van der Waals surface area (Å²) in [5.41, 5.74) is 2.16. The number of nitrogens with one attached hydrogen (secondary N) is 1. The summed E-state index contributed by atoms with van der Waals surface area (Å²) in [6, 6.07) is 21.3. The summed E-state index contributed by atoms with van der Waals surface area (Å²) in [4.78, 5) is 4.42. The van der Waals surface area contributed by atoms with E-state index in [1.807, 2.05) is 16.8 Å². The Balaban J connectivity index is 1.93. The van der Waals surface area contributed by atoms with Crippen LogP contribution in [0, 0.1) is 0 Å². The van der Waals surface area contributed by atoms with Crippen molar-refractivity contribution < 1.29 is 0 Å². The zero-order valence-electron chi connectivity index (χ0n) is 14.5. The third-order valence-electron chi connectivity index (χ3n) is 4.44. The topological polar surface area (TPSA) is 42.7 Å². The number of benzene rings is 2. The van der Waals surface area contributed by atoms with Crippen molar-refractivity contribution in [1.82, 2.24) is 20.1 Å². The van der Waals surface area contributed by atoms with Gasteiger partial charge in [0, 0.05) is 6.04 Å². The highest BCUT2D eigenvalue weighted by molar-refractivity contribution is 5.37. The maximum absolute atomic E-state index is 4.42. The van der Waals surface area contributed by atoms with E-state index in [1.54, 1.807) is 6.33 Å². The lowest BCUT2D eigenvalue weighted by atomic mass is 9.84. The summed E-state index contributed by atoms with van der Waals surface area (Å²) in [6.45, 7) is 7.10. The molecule has 2 aromatic carbocycles. The molecule has 3 rings (SSSR count). The largest absolute Gasteiger partial charge is 0.297 e. The second kappa shape index (κ2) is 6.97. The molecule has 0 aliphatic carbocycles. The number of hydrogen-bond donors (Lipinski definition) is 1. The van der Waals surface area contributed by atoms with Gasteiger partial charge < -0.3 is 0 Å². The van der Waals surface area contributed by atoms with Crippen molar-refractivity contribution in [3.63, 3.8) is 0 Å². The molecule has 24 heavy (non-hydrogen) atoms. The van der Waals surface area contributed by atoms with Crippen LogP contribution in [-0.4, -0.2) is 14.8 Å². The monoisotopic (exact) mass is 320 g/mol. The van der Waals surface area contributed by atoms with Crippen LogP contribution >= 0.6 is 0 Å². The van der Waals surface area contributed by atoms with Crippen LogP contribution in [0.15, 0.2) is 67.0 Å². The highest BCUT2D eigenvalue weighted by Gasteiger charge is 2.28. The highest BCUT2D eigenvalue weighted by atomic mass is 15.4. The molecular weight excluding hydrogens is 296 g/mol. The quantitative estimate of drug-likeness (QED) is 0.749. The normalized spacial score (nSPS) is 11.8. The van der Waals surface area contributed by atoms with Crippen LogP contribution in [0.5, 0.6) is 0 Å². The SMILES string of the molecule is CC(C)n1ncnc1CNC(C)(c1ccccc1)c1ccccc1. The molecular formula is C20H24N4. The average molecular weight is 320 g/mol. The van der Waals surface area contributed by atoms with Crippen LogP contribution < -0.4 is 5.32 Å². The summed E-state index contributed by atoms with van der Waals surface area (Å²) in [5.74, 6) is 0.947. The number of aromatic nitrogens is 3. The Morgan fingerprint density at radius 2 is 1.50 bits per heavy atom. The second-order valence-corrected chi connectivity index (χ2v) is 6.43. The van der Waals surface area contributed by atoms with Gasteiger partial charge in [0.2, 0.25) is 0 Å². The van der Waals surface area contributed by atoms with E-state index in [2.05, 4.69) is 84.7 Å². The third kappa shape index (κ3) is 3.24. The number of rotatable bonds is 6. The van der Waals surface area contributed by atoms with Crippen LogP contribution in [0.4, 0.5) is 0 Å². The minimum absolute atomic E-state index is 0.295. The molecule has 4 heteroatoms. The van der Waals surface area contributed by atoms with E-state index < -0.39 is 0 Å². The Kier molecular flexibility index (Phi) is 4.76. The first kappa shape index (κ1) is 16.4. The van der Waals surface area contributed by atoms with Gasteiger partial charge in [0.1, 0.15) is 12.2 Å². The lowest BCUT2D eigenvalue weighted by Crippen LogP contribution is -2.40. The smallest absolute Gasteiger partial charge is 0.141 e. The van der Waals surface area contributed by atoms with Crippen molar-refractivity contribution in [3.8, 4) is 0 Å². The van der Waals surface area contributed by atoms with Gasteiger partial charge in [0.05, 0.1) is 12.1 Å². The van der Waals surface area contributed by atoms with E-state index in [4.69, 9.17) is 0 Å². The minimum Gasteiger partial charge on any atom is -0.297 e. The van der Waals surface area contributed by atoms with Crippen molar-refractivity contribution in [2.45, 2.75) is 38.9 Å². The van der Waals surface area contributed by atoms with E-state index in [0.717, 1.165) is 5.82 Å². The summed E-state index contributed by atoms with van der Waals surface area (Å²) in [6.07, 6.45) is 1.62. The molecule has 0 unspecified atom stereocenters. The van der Waals surface area contributed by atoms with E-state index in [0.29, 0.717) is 12.6 Å². The van der Waals surface area contributed by atoms with Gasteiger partial charge >= 0.3 is 0 Å². The van der Waals surface area contributed by atoms with Gasteiger partial charge in [-0.3, -0.25) is 5.32 Å². The molecule has 0 fully saturated rings. The predicted octanol–water partition coefficient (Wildman–Crippen LogP) is 3.91. The molecule has 0 bridgehead atoms. The second-order valence-electron chi connectivity index (χ2n) is 6.43. The van der Waals surface area contributed by atoms with E-state index in [1.165, 1.54) is 11.1 Å². The third-order valence-corrected chi connectivity index (χ3v) is 4.44. The highest BCUT2D eigenvalue weighted by Crippen LogP contribution is 2.29. The van der Waals surface area contributed by atoms with E-state index in [-0.39, 0.29) is 5.54 Å². The number of hydrogen-bond acceptors (Lipinski definition) is 3. The van der Waals surface area contributed by atoms with Crippen LogP contribution in [0.2, 0.25) is 0 Å². The van der Waals surface area contributed by atoms with Gasteiger partial charge in [-0.1, -0.05) is 60.7 Å². The average Bonchev–Trinajstić information content (AvgIpc) is 3.10. The summed E-state index contributed by atoms with van der Waals surface area (Å²) in [7, 11) is 0. The van der Waals surface area contributed by atoms with Crippen molar-refractivity contribution in [1.29, 1.82) is 0 Å². The van der Waals surface area contributed by atoms with Gasteiger partial charge in [0.25, 0.3) is 0 Å². The summed E-state index contributed by atoms with van der Waals surface area (Å²) >= 11 is 0. The Morgan fingerprint density at radius 3 is 2.00 bits per heavy atom. The van der Waals surface area contributed by atoms with Gasteiger partial charge in [-0.25, -0.2) is 9.67 Å². The molecule has 1 N–H and O–H groups in total. The van der Waals surface area contributed by atoms with Crippen LogP contribution in [0.1, 0.15) is 43.8 Å². The van der Waals surface area contributed by atoms with Crippen molar-refractivity contribution in [2.24, 2.45) is 0 Å². The Labute approximate surface area is 143 Å². The van der Waals surface area contributed by atoms with Gasteiger partial charge in [-0.2, -0.15) is 5.10 Å². The minimum atomic E-state index is -0.295. The molecule has 1 aromatic heterocycles. The van der Waals surface area contributed by atoms with Crippen LogP contribution in [-0.2, 0) is 12.1 Å². The fraction of sp³-hybridized carbons (Fsp3) is 0.300. The first-order valence-corrected chi connectivity index (χ1v) is 8.35. The maximum Gasteiger partial charge on any atom is 0.141 e. The first-order valence-electron chi connectivity index (χ1n) is 8.35. The Bertz CT molecular complexity index is 723. The molecule has 1 heterocycles. The summed E-state index contributed by atoms with van der Waals surface area (Å²) < 4.78 is 1.96. The van der Waals surface area contributed by atoms with Crippen molar-refractivity contribution in [2.75, 3.05) is 0 Å². The molecule has 3 aromatic rings. The van der Waals surface area contributed by atoms with Crippen LogP contribution in [0.3, 0.4) is 0 Å². The fourth-order valence-electron chi connectivity index (χ4n) is 3.00. The lowest BCUT2D eigenvalue weighted by Gasteiger charge is -2.32. The fourth-order valence-corrected chi connectivity index (χ4v) is 3.00. The lowest BCUT2D eigenvalue weighted by molar-refractivity contribution is 0.408. The Morgan fingerprint density at radius 1 is 0.958 bits per heavy atom. The predicted molar refractivity (Wildman–Crippen MR) is 96.6 cm³/mol. The molecule has 4 nitrogen and oxygen atoms in total. The number of nitrogens with zero attached hydrogens (tertiary/aromatic N) is 3. The molecule has 124 valence electrons. The zero-order valence-corrected chi connectivity index (χ0v) is 14.5. The van der Waals surface area contributed by atoms with E-state index >= 15 is 0 Å². The van der Waals surface area contributed by atoms with Crippen LogP contribution in [0.25, 0.3) is 0 Å². The Hall–Kier alpha value is -2.46. The van der Waals surface area contributed by atoms with Crippen molar-refractivity contribution in [3.05, 3.63) is 83.9 Å². The molecule has 0 aliphatic heterocycles. The summed E-state index contributed by atoms with van der Waals surface area (Å²) in [5, 5.41) is 8.03. The molecule has 0 aliphatic rings. The molecule has 0 saturated heterocycles. The molecule has 0 radical (unpaired) electrons. The first-order chi connectivity index (χ1) is 11.6. The zero-order chi connectivity index (χ0) is 17.0. The van der Waals surface area contributed by atoms with Gasteiger partial charge in [0.15, 0.2) is 0 Å². The van der Waals surface area contributed by atoms with Gasteiger partial charge in [-0.15, -0.1) is 0 Å². The molecule has 0 saturated carbocycles. The van der Waals surface area contributed by atoms with Gasteiger partial charge in [-0.05, 0) is 31.9 Å². The van der Waals surface area contributed by atoms with E-state index in [9.17, 15) is 0 Å². The standard InChI is InChI=1S/C20H24N4/c1-16(2)24-19(21-15-23-24)14-22-20(3,17-10-6-4-7-11-17)18-12-8-5-9-13-18/h4-13,15-16,22H,14H2,1-3H3. The van der Waals surface area contributed by atoms with Crippen molar-refractivity contribution >= 4 is 0 Å². The maximum atomic E-state index is 4.42.